The Morgan fingerprint density at radius 2 is 2.25 bits per heavy atom. The average Bonchev–Trinajstić information content (AvgIpc) is 2.33. The molecule has 0 saturated heterocycles. The van der Waals surface area contributed by atoms with Gasteiger partial charge in [-0.15, -0.1) is 0 Å². The predicted octanol–water partition coefficient (Wildman–Crippen LogP) is 1.53. The van der Waals surface area contributed by atoms with Crippen molar-refractivity contribution in [2.45, 2.75) is 13.0 Å². The number of aliphatic hydroxyl groups excluding tert-OH is 1. The number of rotatable bonds is 7. The van der Waals surface area contributed by atoms with E-state index in [9.17, 15) is 9.90 Å². The highest BCUT2D eigenvalue weighted by molar-refractivity contribution is 6.31. The molecule has 1 amide bonds. The zero-order valence-corrected chi connectivity index (χ0v) is 12.8. The van der Waals surface area contributed by atoms with Gasteiger partial charge in [-0.3, -0.25) is 9.69 Å². The van der Waals surface area contributed by atoms with Gasteiger partial charge in [-0.25, -0.2) is 0 Å². The fraction of sp³-hybridized carbons (Fsp3) is 0.500. The zero-order valence-electron chi connectivity index (χ0n) is 12.0. The number of carbonyl (C=O) groups is 1. The minimum Gasteiger partial charge on any atom is -0.389 e. The van der Waals surface area contributed by atoms with E-state index < -0.39 is 6.10 Å². The molecular formula is C14H21ClN2O3. The lowest BCUT2D eigenvalue weighted by Crippen LogP contribution is -2.37. The standard InChI is InChI=1S/C14H21ClN2O3/c1-10-4-5-11(15)6-13(10)16-14(19)8-17(2)7-12(18)9-20-3/h4-6,12,18H,7-9H2,1-3H3,(H,16,19). The van der Waals surface area contributed by atoms with Gasteiger partial charge in [-0.2, -0.15) is 0 Å². The number of aryl methyl sites for hydroxylation is 1. The fourth-order valence-electron chi connectivity index (χ4n) is 1.83. The van der Waals surface area contributed by atoms with Crippen LogP contribution in [0.5, 0.6) is 0 Å². The number of methoxy groups -OCH3 is 1. The lowest BCUT2D eigenvalue weighted by molar-refractivity contribution is -0.117. The molecule has 0 fully saturated rings. The van der Waals surface area contributed by atoms with Gasteiger partial charge in [0.15, 0.2) is 0 Å². The van der Waals surface area contributed by atoms with E-state index in [1.807, 2.05) is 13.0 Å². The summed E-state index contributed by atoms with van der Waals surface area (Å²) in [6, 6.07) is 5.35. The van der Waals surface area contributed by atoms with Crippen LogP contribution in [0.25, 0.3) is 0 Å². The minimum atomic E-state index is -0.606. The third-order valence-electron chi connectivity index (χ3n) is 2.77. The average molecular weight is 301 g/mol. The predicted molar refractivity (Wildman–Crippen MR) is 80.2 cm³/mol. The number of ether oxygens (including phenoxy) is 1. The molecular weight excluding hydrogens is 280 g/mol. The van der Waals surface area contributed by atoms with Crippen LogP contribution in [-0.4, -0.2) is 55.9 Å². The number of benzene rings is 1. The Balaban J connectivity index is 2.49. The summed E-state index contributed by atoms with van der Waals surface area (Å²) in [5.74, 6) is -0.150. The Hall–Kier alpha value is -1.14. The molecule has 0 spiro atoms. The number of nitrogens with one attached hydrogen (secondary N) is 1. The normalized spacial score (nSPS) is 12.5. The van der Waals surface area contributed by atoms with E-state index in [2.05, 4.69) is 5.32 Å². The quantitative estimate of drug-likeness (QED) is 0.801. The minimum absolute atomic E-state index is 0.150. The number of anilines is 1. The van der Waals surface area contributed by atoms with Crippen molar-refractivity contribution in [1.82, 2.24) is 4.90 Å². The summed E-state index contributed by atoms with van der Waals surface area (Å²) in [4.78, 5) is 13.7. The second-order valence-electron chi connectivity index (χ2n) is 4.81. The van der Waals surface area contributed by atoms with Gasteiger partial charge in [0, 0.05) is 24.4 Å². The Morgan fingerprint density at radius 1 is 1.55 bits per heavy atom. The first kappa shape index (κ1) is 16.9. The number of carbonyl (C=O) groups excluding carboxylic acids is 1. The fourth-order valence-corrected chi connectivity index (χ4v) is 2.01. The van der Waals surface area contributed by atoms with Gasteiger partial charge in [0.05, 0.1) is 19.3 Å². The summed E-state index contributed by atoms with van der Waals surface area (Å²) in [6.07, 6.45) is -0.606. The highest BCUT2D eigenvalue weighted by Gasteiger charge is 2.12. The van der Waals surface area contributed by atoms with Gasteiger partial charge in [0.25, 0.3) is 0 Å². The maximum absolute atomic E-state index is 11.9. The van der Waals surface area contributed by atoms with Crippen LogP contribution in [0.3, 0.4) is 0 Å². The number of hydrogen-bond donors (Lipinski definition) is 2. The van der Waals surface area contributed by atoms with Crippen LogP contribution in [0.4, 0.5) is 5.69 Å². The molecule has 1 aromatic carbocycles. The van der Waals surface area contributed by atoms with Crippen LogP contribution in [0.1, 0.15) is 5.56 Å². The molecule has 0 aliphatic heterocycles. The highest BCUT2D eigenvalue weighted by atomic mass is 35.5. The molecule has 0 saturated carbocycles. The topological polar surface area (TPSA) is 61.8 Å². The van der Waals surface area contributed by atoms with E-state index in [-0.39, 0.29) is 19.1 Å². The molecule has 5 nitrogen and oxygen atoms in total. The van der Waals surface area contributed by atoms with Gasteiger partial charge >= 0.3 is 0 Å². The Kier molecular flexibility index (Phi) is 6.95. The van der Waals surface area contributed by atoms with E-state index in [0.29, 0.717) is 17.3 Å². The van der Waals surface area contributed by atoms with Gasteiger partial charge in [0.2, 0.25) is 5.91 Å². The lowest BCUT2D eigenvalue weighted by Gasteiger charge is -2.19. The number of likely N-dealkylation sites (N-methyl/N-ethyl adjacent to an activating group) is 1. The van der Waals surface area contributed by atoms with Gasteiger partial charge in [-0.1, -0.05) is 17.7 Å². The summed E-state index contributed by atoms with van der Waals surface area (Å²) >= 11 is 5.90. The molecule has 0 bridgehead atoms. The number of halogens is 1. The third-order valence-corrected chi connectivity index (χ3v) is 3.00. The van der Waals surface area contributed by atoms with Crippen molar-refractivity contribution in [3.63, 3.8) is 0 Å². The van der Waals surface area contributed by atoms with Crippen molar-refractivity contribution in [2.75, 3.05) is 39.2 Å². The van der Waals surface area contributed by atoms with Gasteiger partial charge < -0.3 is 15.2 Å². The SMILES string of the molecule is COCC(O)CN(C)CC(=O)Nc1cc(Cl)ccc1C. The van der Waals surface area contributed by atoms with Crippen molar-refractivity contribution in [2.24, 2.45) is 0 Å². The number of hydrogen-bond acceptors (Lipinski definition) is 4. The number of amides is 1. The first-order chi connectivity index (χ1) is 9.42. The lowest BCUT2D eigenvalue weighted by atomic mass is 10.2. The maximum Gasteiger partial charge on any atom is 0.238 e. The van der Waals surface area contributed by atoms with Crippen LogP contribution in [0, 0.1) is 6.92 Å². The van der Waals surface area contributed by atoms with Crippen molar-refractivity contribution >= 4 is 23.2 Å². The van der Waals surface area contributed by atoms with Crippen LogP contribution in [-0.2, 0) is 9.53 Å². The molecule has 1 aromatic rings. The van der Waals surface area contributed by atoms with Crippen molar-refractivity contribution in [3.8, 4) is 0 Å². The Morgan fingerprint density at radius 3 is 2.90 bits per heavy atom. The summed E-state index contributed by atoms with van der Waals surface area (Å²) in [5, 5.41) is 13.0. The second kappa shape index (κ2) is 8.21. The van der Waals surface area contributed by atoms with E-state index in [1.54, 1.807) is 24.1 Å². The summed E-state index contributed by atoms with van der Waals surface area (Å²) in [5.41, 5.74) is 1.65. The molecule has 2 N–H and O–H groups in total. The Labute approximate surface area is 124 Å². The molecule has 112 valence electrons. The summed E-state index contributed by atoms with van der Waals surface area (Å²) in [6.45, 7) is 2.71. The molecule has 0 aliphatic carbocycles. The smallest absolute Gasteiger partial charge is 0.238 e. The molecule has 0 aromatic heterocycles. The molecule has 0 heterocycles. The zero-order chi connectivity index (χ0) is 15.1. The molecule has 6 heteroatoms. The first-order valence-corrected chi connectivity index (χ1v) is 6.71. The Bertz CT molecular complexity index is 454. The van der Waals surface area contributed by atoms with Crippen LogP contribution >= 0.6 is 11.6 Å². The van der Waals surface area contributed by atoms with Gasteiger partial charge in [-0.05, 0) is 31.7 Å². The monoisotopic (exact) mass is 300 g/mol. The van der Waals surface area contributed by atoms with E-state index in [4.69, 9.17) is 16.3 Å². The molecule has 1 rings (SSSR count). The maximum atomic E-state index is 11.9. The molecule has 0 aliphatic rings. The molecule has 0 radical (unpaired) electrons. The van der Waals surface area contributed by atoms with E-state index in [1.165, 1.54) is 7.11 Å². The van der Waals surface area contributed by atoms with E-state index in [0.717, 1.165) is 5.56 Å². The second-order valence-corrected chi connectivity index (χ2v) is 5.25. The van der Waals surface area contributed by atoms with Gasteiger partial charge in [0.1, 0.15) is 0 Å². The van der Waals surface area contributed by atoms with Crippen LogP contribution in [0.2, 0.25) is 5.02 Å². The third kappa shape index (κ3) is 5.88. The van der Waals surface area contributed by atoms with E-state index >= 15 is 0 Å². The van der Waals surface area contributed by atoms with Crippen molar-refractivity contribution < 1.29 is 14.6 Å². The summed E-state index contributed by atoms with van der Waals surface area (Å²) in [7, 11) is 3.29. The first-order valence-electron chi connectivity index (χ1n) is 6.34. The summed E-state index contributed by atoms with van der Waals surface area (Å²) < 4.78 is 4.84. The largest absolute Gasteiger partial charge is 0.389 e. The van der Waals surface area contributed by atoms with Crippen molar-refractivity contribution in [3.05, 3.63) is 28.8 Å². The van der Waals surface area contributed by atoms with Crippen molar-refractivity contribution in [1.29, 1.82) is 0 Å². The number of aliphatic hydroxyl groups is 1. The molecule has 1 unspecified atom stereocenters. The highest BCUT2D eigenvalue weighted by Crippen LogP contribution is 2.19. The molecule has 1 atom stereocenters. The van der Waals surface area contributed by atoms with Crippen LogP contribution in [0.15, 0.2) is 18.2 Å². The van der Waals surface area contributed by atoms with Crippen LogP contribution < -0.4 is 5.32 Å². The molecule has 20 heavy (non-hydrogen) atoms. The number of nitrogens with zero attached hydrogens (tertiary/aromatic N) is 1.